The Bertz CT molecular complexity index is 1640. The van der Waals surface area contributed by atoms with E-state index in [0.29, 0.717) is 28.1 Å². The molecular weight excluding hydrogens is 528 g/mol. The summed E-state index contributed by atoms with van der Waals surface area (Å²) >= 11 is 0. The molecule has 4 aromatic rings. The molecule has 0 saturated carbocycles. The van der Waals surface area contributed by atoms with Gasteiger partial charge in [-0.25, -0.2) is 8.42 Å². The van der Waals surface area contributed by atoms with E-state index in [1.807, 2.05) is 6.92 Å². The number of anilines is 1. The minimum absolute atomic E-state index is 0.0207. The van der Waals surface area contributed by atoms with Crippen molar-refractivity contribution >= 4 is 21.5 Å². The molecule has 0 aromatic heterocycles. The summed E-state index contributed by atoms with van der Waals surface area (Å²) in [4.78, 5) is 25.8. The number of nitrogens with zero attached hydrogens (tertiary/aromatic N) is 2. The second kappa shape index (κ2) is 10.9. The highest BCUT2D eigenvalue weighted by Gasteiger charge is 2.53. The van der Waals surface area contributed by atoms with Crippen LogP contribution in [0.2, 0.25) is 0 Å². The summed E-state index contributed by atoms with van der Waals surface area (Å²) in [6, 6.07) is 25.6. The van der Waals surface area contributed by atoms with Gasteiger partial charge in [-0.2, -0.15) is 0 Å². The van der Waals surface area contributed by atoms with E-state index in [0.717, 1.165) is 9.87 Å². The Morgan fingerprint density at radius 3 is 2.15 bits per heavy atom. The fourth-order valence-electron chi connectivity index (χ4n) is 5.37. The van der Waals surface area contributed by atoms with E-state index in [-0.39, 0.29) is 17.1 Å². The van der Waals surface area contributed by atoms with Crippen LogP contribution in [0.15, 0.2) is 108 Å². The van der Waals surface area contributed by atoms with Crippen molar-refractivity contribution in [3.8, 4) is 5.75 Å². The highest BCUT2D eigenvalue weighted by Crippen LogP contribution is 2.50. The van der Waals surface area contributed by atoms with Crippen LogP contribution >= 0.6 is 0 Å². The number of carbonyl (C=O) groups is 1. The van der Waals surface area contributed by atoms with E-state index in [9.17, 15) is 23.3 Å². The molecule has 0 spiro atoms. The lowest BCUT2D eigenvalue weighted by Crippen LogP contribution is -2.50. The van der Waals surface area contributed by atoms with Crippen LogP contribution in [0, 0.1) is 17.0 Å². The third kappa shape index (κ3) is 4.96. The Morgan fingerprint density at radius 2 is 1.52 bits per heavy atom. The number of hydrogen-bond donors (Lipinski definition) is 0. The van der Waals surface area contributed by atoms with Gasteiger partial charge in [0.15, 0.2) is 5.78 Å². The first-order valence-corrected chi connectivity index (χ1v) is 14.2. The molecule has 0 saturated heterocycles. The van der Waals surface area contributed by atoms with Crippen LogP contribution in [0.5, 0.6) is 5.75 Å². The summed E-state index contributed by atoms with van der Waals surface area (Å²) in [5.74, 6) is -0.604. The molecule has 1 aliphatic heterocycles. The summed E-state index contributed by atoms with van der Waals surface area (Å²) in [5.41, 5.74) is 2.50. The zero-order chi connectivity index (χ0) is 28.4. The lowest BCUT2D eigenvalue weighted by molar-refractivity contribution is -0.531. The highest BCUT2D eigenvalue weighted by molar-refractivity contribution is 7.92. The average molecular weight is 557 g/mol. The number of ketones is 1. The normalized spacial score (nSPS) is 18.6. The quantitative estimate of drug-likeness (QED) is 0.151. The van der Waals surface area contributed by atoms with Gasteiger partial charge in [-0.15, -0.1) is 0 Å². The van der Waals surface area contributed by atoms with Gasteiger partial charge in [0.2, 0.25) is 6.04 Å². The van der Waals surface area contributed by atoms with E-state index < -0.39 is 32.9 Å². The lowest BCUT2D eigenvalue weighted by atomic mass is 9.77. The first-order valence-electron chi connectivity index (χ1n) is 12.8. The monoisotopic (exact) mass is 556 g/mol. The summed E-state index contributed by atoms with van der Waals surface area (Å²) in [6.07, 6.45) is -0.155. The Labute approximate surface area is 233 Å². The number of sulfonamides is 1. The minimum atomic E-state index is -4.26. The molecular formula is C31H28N2O6S. The molecule has 0 unspecified atom stereocenters. The van der Waals surface area contributed by atoms with Crippen LogP contribution in [0.1, 0.15) is 45.4 Å². The van der Waals surface area contributed by atoms with Crippen molar-refractivity contribution in [3.63, 3.8) is 0 Å². The van der Waals surface area contributed by atoms with Crippen LogP contribution in [0.25, 0.3) is 0 Å². The molecule has 3 atom stereocenters. The van der Waals surface area contributed by atoms with Gasteiger partial charge in [-0.3, -0.25) is 19.2 Å². The molecule has 0 bridgehead atoms. The summed E-state index contributed by atoms with van der Waals surface area (Å²) in [5, 5.41) is 12.9. The van der Waals surface area contributed by atoms with Crippen molar-refractivity contribution in [2.75, 3.05) is 11.4 Å². The zero-order valence-corrected chi connectivity index (χ0v) is 22.8. The van der Waals surface area contributed by atoms with Gasteiger partial charge in [0.1, 0.15) is 11.8 Å². The van der Waals surface area contributed by atoms with Crippen molar-refractivity contribution in [1.82, 2.24) is 0 Å². The number of carbonyl (C=O) groups excluding carboxylic acids is 1. The maximum atomic E-state index is 14.3. The molecule has 1 aliphatic rings. The second-order valence-electron chi connectivity index (χ2n) is 9.77. The number of para-hydroxylation sites is 1. The van der Waals surface area contributed by atoms with Gasteiger partial charge < -0.3 is 4.74 Å². The van der Waals surface area contributed by atoms with Crippen molar-refractivity contribution in [2.24, 2.45) is 0 Å². The van der Waals surface area contributed by atoms with Gasteiger partial charge in [-0.1, -0.05) is 78.4 Å². The number of rotatable bonds is 8. The van der Waals surface area contributed by atoms with Crippen LogP contribution in [-0.2, 0) is 10.0 Å². The third-order valence-electron chi connectivity index (χ3n) is 7.34. The molecule has 0 fully saturated rings. The molecule has 0 radical (unpaired) electrons. The predicted molar refractivity (Wildman–Crippen MR) is 152 cm³/mol. The van der Waals surface area contributed by atoms with Gasteiger partial charge in [0, 0.05) is 16.9 Å². The van der Waals surface area contributed by atoms with E-state index in [1.54, 1.807) is 91.0 Å². The Morgan fingerprint density at radius 1 is 0.900 bits per heavy atom. The molecule has 8 nitrogen and oxygen atoms in total. The lowest BCUT2D eigenvalue weighted by Gasteiger charge is -2.42. The van der Waals surface area contributed by atoms with Crippen molar-refractivity contribution in [3.05, 3.63) is 135 Å². The van der Waals surface area contributed by atoms with Crippen molar-refractivity contribution in [1.29, 1.82) is 0 Å². The van der Waals surface area contributed by atoms with Crippen molar-refractivity contribution < 1.29 is 22.9 Å². The number of benzene rings is 4. The van der Waals surface area contributed by atoms with Gasteiger partial charge in [0.05, 0.1) is 23.6 Å². The smallest absolute Gasteiger partial charge is 0.265 e. The molecule has 0 aliphatic carbocycles. The van der Waals surface area contributed by atoms with E-state index in [2.05, 4.69) is 0 Å². The fraction of sp³-hybridized carbons (Fsp3) is 0.194. The fourth-order valence-corrected chi connectivity index (χ4v) is 7.04. The molecule has 204 valence electrons. The Hall–Kier alpha value is -4.50. The van der Waals surface area contributed by atoms with Gasteiger partial charge in [0.25, 0.3) is 10.0 Å². The molecule has 1 heterocycles. The number of methoxy groups -OCH3 is 1. The van der Waals surface area contributed by atoms with Crippen LogP contribution < -0.4 is 9.04 Å². The van der Waals surface area contributed by atoms with E-state index in [1.165, 1.54) is 19.2 Å². The summed E-state index contributed by atoms with van der Waals surface area (Å²) in [7, 11) is -2.76. The van der Waals surface area contributed by atoms with Crippen molar-refractivity contribution in [2.45, 2.75) is 36.2 Å². The Balaban J connectivity index is 1.74. The minimum Gasteiger partial charge on any atom is -0.497 e. The largest absolute Gasteiger partial charge is 0.497 e. The highest BCUT2D eigenvalue weighted by atomic mass is 32.2. The zero-order valence-electron chi connectivity index (χ0n) is 22.0. The number of fused-ring (bicyclic) bond motifs is 1. The molecule has 9 heteroatoms. The molecule has 0 N–H and O–H groups in total. The van der Waals surface area contributed by atoms with Crippen LogP contribution in [0.3, 0.4) is 0 Å². The number of aryl methyl sites for hydroxylation is 1. The SMILES string of the molecule is COc1ccc([C@H]2[C@H]([N+](=O)[O-])[C@@H](CC(=O)c3ccccc3)c3ccccc3N2S(=O)(=O)c2ccc(C)cc2)cc1. The molecule has 4 aromatic carbocycles. The number of Topliss-reactive ketones (excluding diaryl/α,β-unsaturated/α-hetero) is 1. The average Bonchev–Trinajstić information content (AvgIpc) is 2.97. The molecule has 40 heavy (non-hydrogen) atoms. The molecule has 5 rings (SSSR count). The third-order valence-corrected chi connectivity index (χ3v) is 9.15. The van der Waals surface area contributed by atoms with Crippen LogP contribution in [0.4, 0.5) is 5.69 Å². The second-order valence-corrected chi connectivity index (χ2v) is 11.6. The first-order chi connectivity index (χ1) is 19.2. The van der Waals surface area contributed by atoms with Crippen LogP contribution in [-0.4, -0.2) is 32.3 Å². The number of hydrogen-bond acceptors (Lipinski definition) is 6. The first kappa shape index (κ1) is 27.1. The standard InChI is InChI=1S/C31H28N2O6S/c1-21-12-18-25(19-13-21)40(37,38)32-28-11-7-6-10-26(28)27(20-29(34)22-8-4-3-5-9-22)31(33(35)36)30(32)23-14-16-24(39-2)17-15-23/h3-19,27,30-31H,20H2,1-2H3/t27-,30-,31+/m0/s1. The number of ether oxygens (including phenoxy) is 1. The summed E-state index contributed by atoms with van der Waals surface area (Å²) < 4.78 is 35.0. The maximum absolute atomic E-state index is 14.3. The van der Waals surface area contributed by atoms with E-state index in [4.69, 9.17) is 4.74 Å². The molecule has 0 amide bonds. The summed E-state index contributed by atoms with van der Waals surface area (Å²) in [6.45, 7) is 1.85. The van der Waals surface area contributed by atoms with Gasteiger partial charge in [-0.05, 0) is 48.4 Å². The van der Waals surface area contributed by atoms with E-state index >= 15 is 0 Å². The number of nitro groups is 1. The topological polar surface area (TPSA) is 107 Å². The predicted octanol–water partition coefficient (Wildman–Crippen LogP) is 5.96. The Kier molecular flexibility index (Phi) is 7.40. The van der Waals surface area contributed by atoms with Gasteiger partial charge >= 0.3 is 0 Å². The maximum Gasteiger partial charge on any atom is 0.265 e.